The first kappa shape index (κ1) is 19.4. The van der Waals surface area contributed by atoms with Gasteiger partial charge in [-0.25, -0.2) is 4.79 Å². The molecule has 144 valence electrons. The first-order valence-electron chi connectivity index (χ1n) is 9.07. The topological polar surface area (TPSA) is 50.8 Å². The van der Waals surface area contributed by atoms with Crippen molar-refractivity contribution in [3.05, 3.63) is 53.6 Å². The van der Waals surface area contributed by atoms with Gasteiger partial charge in [-0.2, -0.15) is 11.8 Å². The number of carbonyl (C=O) groups excluding carboxylic acids is 1. The van der Waals surface area contributed by atoms with Crippen molar-refractivity contribution < 1.29 is 14.3 Å². The van der Waals surface area contributed by atoms with E-state index in [9.17, 15) is 4.79 Å². The molecule has 1 N–H and O–H groups in total. The molecule has 1 heterocycles. The Balaban J connectivity index is 1.65. The number of anilines is 1. The SMILES string of the molecule is COc1ccc(NC(=O)N2CCSC(c3ccccc3C)CC2)c(OC)c1. The molecule has 0 aliphatic carbocycles. The van der Waals surface area contributed by atoms with Gasteiger partial charge in [-0.3, -0.25) is 0 Å². The highest BCUT2D eigenvalue weighted by molar-refractivity contribution is 7.99. The predicted molar refractivity (Wildman–Crippen MR) is 111 cm³/mol. The third-order valence-electron chi connectivity index (χ3n) is 4.81. The highest BCUT2D eigenvalue weighted by Gasteiger charge is 2.23. The molecule has 5 nitrogen and oxygen atoms in total. The van der Waals surface area contributed by atoms with Crippen LogP contribution in [0.2, 0.25) is 0 Å². The van der Waals surface area contributed by atoms with Crippen LogP contribution in [0.1, 0.15) is 22.8 Å². The molecule has 2 aromatic rings. The van der Waals surface area contributed by atoms with Gasteiger partial charge in [-0.15, -0.1) is 0 Å². The maximum Gasteiger partial charge on any atom is 0.321 e. The maximum absolute atomic E-state index is 12.8. The molecule has 0 saturated carbocycles. The molecule has 0 bridgehead atoms. The molecule has 1 saturated heterocycles. The Bertz CT molecular complexity index is 797. The molecule has 1 fully saturated rings. The largest absolute Gasteiger partial charge is 0.497 e. The number of carbonyl (C=O) groups is 1. The van der Waals surface area contributed by atoms with E-state index in [1.165, 1.54) is 11.1 Å². The number of amides is 2. The second-order valence-corrected chi connectivity index (χ2v) is 7.80. The van der Waals surface area contributed by atoms with Gasteiger partial charge in [0.1, 0.15) is 11.5 Å². The molecule has 27 heavy (non-hydrogen) atoms. The summed E-state index contributed by atoms with van der Waals surface area (Å²) in [7, 11) is 3.19. The first-order chi connectivity index (χ1) is 13.1. The molecule has 0 aromatic heterocycles. The van der Waals surface area contributed by atoms with Crippen molar-refractivity contribution in [1.29, 1.82) is 0 Å². The summed E-state index contributed by atoms with van der Waals surface area (Å²) in [4.78, 5) is 14.7. The second kappa shape index (κ2) is 9.04. The van der Waals surface area contributed by atoms with Crippen molar-refractivity contribution in [1.82, 2.24) is 4.90 Å². The van der Waals surface area contributed by atoms with Crippen molar-refractivity contribution in [3.63, 3.8) is 0 Å². The summed E-state index contributed by atoms with van der Waals surface area (Å²) >= 11 is 1.93. The summed E-state index contributed by atoms with van der Waals surface area (Å²) < 4.78 is 10.6. The van der Waals surface area contributed by atoms with Crippen LogP contribution in [0.4, 0.5) is 10.5 Å². The summed E-state index contributed by atoms with van der Waals surface area (Å²) in [6.07, 6.45) is 0.947. The number of aryl methyl sites for hydroxylation is 1. The minimum absolute atomic E-state index is 0.0931. The minimum atomic E-state index is -0.0931. The average molecular weight is 387 g/mol. The molecule has 0 radical (unpaired) electrons. The molecular weight excluding hydrogens is 360 g/mol. The van der Waals surface area contributed by atoms with E-state index in [0.29, 0.717) is 22.4 Å². The molecule has 1 unspecified atom stereocenters. The highest BCUT2D eigenvalue weighted by Crippen LogP contribution is 2.36. The van der Waals surface area contributed by atoms with Crippen LogP contribution in [0, 0.1) is 6.92 Å². The number of nitrogens with zero attached hydrogens (tertiary/aromatic N) is 1. The van der Waals surface area contributed by atoms with E-state index in [-0.39, 0.29) is 6.03 Å². The van der Waals surface area contributed by atoms with Crippen LogP contribution in [-0.4, -0.2) is 44.0 Å². The number of hydrogen-bond donors (Lipinski definition) is 1. The highest BCUT2D eigenvalue weighted by atomic mass is 32.2. The molecule has 0 spiro atoms. The zero-order valence-electron chi connectivity index (χ0n) is 16.0. The predicted octanol–water partition coefficient (Wildman–Crippen LogP) is 4.72. The molecule has 1 atom stereocenters. The Kier molecular flexibility index (Phi) is 6.50. The maximum atomic E-state index is 12.8. The number of rotatable bonds is 4. The lowest BCUT2D eigenvalue weighted by Gasteiger charge is -2.22. The Morgan fingerprint density at radius 2 is 1.96 bits per heavy atom. The van der Waals surface area contributed by atoms with E-state index >= 15 is 0 Å². The molecule has 2 amide bonds. The average Bonchev–Trinajstić information content (AvgIpc) is 2.95. The van der Waals surface area contributed by atoms with Crippen molar-refractivity contribution in [3.8, 4) is 11.5 Å². The Morgan fingerprint density at radius 1 is 1.15 bits per heavy atom. The normalized spacial score (nSPS) is 17.1. The number of ether oxygens (including phenoxy) is 2. The fourth-order valence-electron chi connectivity index (χ4n) is 3.27. The van der Waals surface area contributed by atoms with E-state index in [1.54, 1.807) is 26.4 Å². The van der Waals surface area contributed by atoms with Gasteiger partial charge in [0.25, 0.3) is 0 Å². The quantitative estimate of drug-likeness (QED) is 0.826. The summed E-state index contributed by atoms with van der Waals surface area (Å²) in [5.41, 5.74) is 3.34. The number of thioether (sulfide) groups is 1. The van der Waals surface area contributed by atoms with Crippen LogP contribution in [0.15, 0.2) is 42.5 Å². The van der Waals surface area contributed by atoms with Crippen LogP contribution in [0.25, 0.3) is 0 Å². The summed E-state index contributed by atoms with van der Waals surface area (Å²) in [5.74, 6) is 2.20. The van der Waals surface area contributed by atoms with Crippen molar-refractivity contribution in [2.24, 2.45) is 0 Å². The molecule has 3 rings (SSSR count). The number of methoxy groups -OCH3 is 2. The fraction of sp³-hybridized carbons (Fsp3) is 0.381. The summed E-state index contributed by atoms with van der Waals surface area (Å²) in [6.45, 7) is 3.62. The van der Waals surface area contributed by atoms with Crippen molar-refractivity contribution in [2.75, 3.05) is 38.4 Å². The Labute approximate surface area is 165 Å². The molecular formula is C21H26N2O3S. The monoisotopic (exact) mass is 386 g/mol. The molecule has 1 aliphatic rings. The van der Waals surface area contributed by atoms with E-state index < -0.39 is 0 Å². The molecule has 2 aromatic carbocycles. The molecule has 1 aliphatic heterocycles. The van der Waals surface area contributed by atoms with Gasteiger partial charge in [0.05, 0.1) is 19.9 Å². The number of benzene rings is 2. The minimum Gasteiger partial charge on any atom is -0.497 e. The molecule has 6 heteroatoms. The second-order valence-electron chi connectivity index (χ2n) is 6.49. The third-order valence-corrected chi connectivity index (χ3v) is 6.12. The van der Waals surface area contributed by atoms with Crippen LogP contribution in [-0.2, 0) is 0 Å². The van der Waals surface area contributed by atoms with Gasteiger partial charge in [0, 0.05) is 30.2 Å². The van der Waals surface area contributed by atoms with Gasteiger partial charge in [-0.1, -0.05) is 24.3 Å². The van der Waals surface area contributed by atoms with Gasteiger partial charge in [-0.05, 0) is 36.6 Å². The van der Waals surface area contributed by atoms with Gasteiger partial charge >= 0.3 is 6.03 Å². The van der Waals surface area contributed by atoms with Gasteiger partial charge in [0.15, 0.2) is 0 Å². The smallest absolute Gasteiger partial charge is 0.321 e. The van der Waals surface area contributed by atoms with E-state index in [4.69, 9.17) is 9.47 Å². The van der Waals surface area contributed by atoms with Crippen LogP contribution >= 0.6 is 11.8 Å². The van der Waals surface area contributed by atoms with E-state index in [2.05, 4.69) is 36.5 Å². The number of nitrogens with one attached hydrogen (secondary N) is 1. The zero-order valence-corrected chi connectivity index (χ0v) is 16.8. The lowest BCUT2D eigenvalue weighted by Crippen LogP contribution is -2.36. The summed E-state index contributed by atoms with van der Waals surface area (Å²) in [5, 5.41) is 3.40. The van der Waals surface area contributed by atoms with Crippen molar-refractivity contribution >= 4 is 23.5 Å². The Hall–Kier alpha value is -2.34. The van der Waals surface area contributed by atoms with E-state index in [0.717, 1.165) is 25.3 Å². The van der Waals surface area contributed by atoms with E-state index in [1.807, 2.05) is 22.7 Å². The van der Waals surface area contributed by atoms with Crippen LogP contribution in [0.5, 0.6) is 11.5 Å². The standard InChI is InChI=1S/C21H26N2O3S/c1-15-6-4-5-7-17(15)20-10-11-23(12-13-27-20)21(24)22-18-9-8-16(25-2)14-19(18)26-3/h4-9,14,20H,10-13H2,1-3H3,(H,22,24). The first-order valence-corrected chi connectivity index (χ1v) is 10.1. The number of hydrogen-bond acceptors (Lipinski definition) is 4. The fourth-order valence-corrected chi connectivity index (χ4v) is 4.59. The number of urea groups is 1. The van der Waals surface area contributed by atoms with Crippen LogP contribution in [0.3, 0.4) is 0 Å². The Morgan fingerprint density at radius 3 is 2.70 bits per heavy atom. The lowest BCUT2D eigenvalue weighted by molar-refractivity contribution is 0.215. The van der Waals surface area contributed by atoms with Crippen LogP contribution < -0.4 is 14.8 Å². The third kappa shape index (κ3) is 4.69. The van der Waals surface area contributed by atoms with Gasteiger partial charge < -0.3 is 19.7 Å². The summed E-state index contributed by atoms with van der Waals surface area (Å²) in [6, 6.07) is 13.8. The van der Waals surface area contributed by atoms with Gasteiger partial charge in [0.2, 0.25) is 0 Å². The lowest BCUT2D eigenvalue weighted by atomic mass is 10.0. The zero-order chi connectivity index (χ0) is 19.2. The van der Waals surface area contributed by atoms with Crippen molar-refractivity contribution in [2.45, 2.75) is 18.6 Å².